The van der Waals surface area contributed by atoms with Crippen molar-refractivity contribution in [2.75, 3.05) is 6.54 Å². The van der Waals surface area contributed by atoms with E-state index in [1.165, 1.54) is 12.0 Å². The highest BCUT2D eigenvalue weighted by molar-refractivity contribution is 5.68. The van der Waals surface area contributed by atoms with Crippen molar-refractivity contribution in [1.29, 1.82) is 0 Å². The fourth-order valence-electron chi connectivity index (χ4n) is 3.34. The van der Waals surface area contributed by atoms with Gasteiger partial charge in [0.1, 0.15) is 0 Å². The zero-order valence-electron chi connectivity index (χ0n) is 9.20. The van der Waals surface area contributed by atoms with Crippen molar-refractivity contribution in [3.63, 3.8) is 0 Å². The molecule has 3 heteroatoms. The van der Waals surface area contributed by atoms with Crippen LogP contribution in [0.25, 0.3) is 0 Å². The summed E-state index contributed by atoms with van der Waals surface area (Å²) in [4.78, 5) is 10.8. The van der Waals surface area contributed by atoms with Gasteiger partial charge in [-0.15, -0.1) is 0 Å². The molecule has 15 heavy (non-hydrogen) atoms. The van der Waals surface area contributed by atoms with Gasteiger partial charge in [0.15, 0.2) is 0 Å². The molecule has 0 heterocycles. The van der Waals surface area contributed by atoms with Gasteiger partial charge < -0.3 is 10.8 Å². The lowest BCUT2D eigenvalue weighted by atomic mass is 9.53. The van der Waals surface area contributed by atoms with E-state index in [9.17, 15) is 4.79 Å². The number of hydrogen-bond donors (Lipinski definition) is 2. The van der Waals surface area contributed by atoms with Crippen LogP contribution in [0.5, 0.6) is 0 Å². The van der Waals surface area contributed by atoms with E-state index in [4.69, 9.17) is 10.8 Å². The molecule has 1 saturated carbocycles. The van der Waals surface area contributed by atoms with Crippen LogP contribution in [0, 0.1) is 17.3 Å². The monoisotopic (exact) mass is 209 g/mol. The first-order valence-corrected chi connectivity index (χ1v) is 5.72. The summed E-state index contributed by atoms with van der Waals surface area (Å²) < 4.78 is 0. The van der Waals surface area contributed by atoms with E-state index in [1.54, 1.807) is 0 Å². The van der Waals surface area contributed by atoms with Crippen LogP contribution in [0.1, 0.15) is 32.6 Å². The summed E-state index contributed by atoms with van der Waals surface area (Å²) >= 11 is 0. The van der Waals surface area contributed by atoms with Crippen molar-refractivity contribution in [3.8, 4) is 0 Å². The summed E-state index contributed by atoms with van der Waals surface area (Å²) in [7, 11) is 0. The normalized spacial score (nSPS) is 38.1. The van der Waals surface area contributed by atoms with Crippen LogP contribution in [-0.4, -0.2) is 17.6 Å². The van der Waals surface area contributed by atoms with Crippen LogP contribution in [0.4, 0.5) is 0 Å². The Bertz CT molecular complexity index is 311. The second kappa shape index (κ2) is 3.63. The molecule has 2 rings (SSSR count). The molecule has 1 fully saturated rings. The molecular weight excluding hydrogens is 190 g/mol. The molecule has 2 aliphatic carbocycles. The average molecular weight is 209 g/mol. The van der Waals surface area contributed by atoms with Gasteiger partial charge in [-0.3, -0.25) is 4.79 Å². The van der Waals surface area contributed by atoms with Crippen LogP contribution >= 0.6 is 0 Å². The van der Waals surface area contributed by atoms with Crippen molar-refractivity contribution >= 4 is 5.97 Å². The standard InChI is InChI=1S/C12H19NO2/c1-2-8-3-9-5-12(7-13,6-11(14)15)10(9)4-8/h4,9-10H,2-3,5-7,13H2,1H3,(H,14,15)/t9-,10-,12?/m0/s1. The SMILES string of the molecule is CCC1=C[C@H]2[C@@H](C1)CC2(CN)CC(=O)O. The molecule has 0 aromatic carbocycles. The highest BCUT2D eigenvalue weighted by atomic mass is 16.4. The average Bonchev–Trinajstić information content (AvgIpc) is 2.53. The predicted molar refractivity (Wildman–Crippen MR) is 58.3 cm³/mol. The minimum atomic E-state index is -0.711. The second-order valence-corrected chi connectivity index (χ2v) is 5.01. The number of hydrogen-bond acceptors (Lipinski definition) is 2. The third-order valence-corrected chi connectivity index (χ3v) is 4.19. The van der Waals surface area contributed by atoms with Crippen molar-refractivity contribution in [2.24, 2.45) is 23.0 Å². The number of rotatable bonds is 4. The van der Waals surface area contributed by atoms with E-state index in [1.807, 2.05) is 0 Å². The fraction of sp³-hybridized carbons (Fsp3) is 0.750. The maximum atomic E-state index is 10.8. The number of carbonyl (C=O) groups is 1. The number of carboxylic acids is 1. The lowest BCUT2D eigenvalue weighted by molar-refractivity contribution is -0.144. The van der Waals surface area contributed by atoms with Gasteiger partial charge in [-0.05, 0) is 43.1 Å². The van der Waals surface area contributed by atoms with E-state index >= 15 is 0 Å². The quantitative estimate of drug-likeness (QED) is 0.694. The van der Waals surface area contributed by atoms with E-state index < -0.39 is 5.97 Å². The summed E-state index contributed by atoms with van der Waals surface area (Å²) in [6.07, 6.45) is 5.80. The van der Waals surface area contributed by atoms with Crippen molar-refractivity contribution in [2.45, 2.75) is 32.6 Å². The van der Waals surface area contributed by atoms with Gasteiger partial charge in [0, 0.05) is 0 Å². The van der Waals surface area contributed by atoms with Crippen LogP contribution in [-0.2, 0) is 4.79 Å². The molecule has 3 atom stereocenters. The molecule has 1 unspecified atom stereocenters. The van der Waals surface area contributed by atoms with Crippen LogP contribution in [0.15, 0.2) is 11.6 Å². The molecule has 0 spiro atoms. The molecule has 0 bridgehead atoms. The lowest BCUT2D eigenvalue weighted by Crippen LogP contribution is -2.51. The van der Waals surface area contributed by atoms with E-state index in [0.29, 0.717) is 18.4 Å². The third-order valence-electron chi connectivity index (χ3n) is 4.19. The number of nitrogens with two attached hydrogens (primary N) is 1. The summed E-state index contributed by atoms with van der Waals surface area (Å²) in [6.45, 7) is 2.67. The maximum Gasteiger partial charge on any atom is 0.303 e. The van der Waals surface area contributed by atoms with Crippen LogP contribution in [0.2, 0.25) is 0 Å². The Morgan fingerprint density at radius 1 is 1.73 bits per heavy atom. The summed E-state index contributed by atoms with van der Waals surface area (Å²) in [5, 5.41) is 8.91. The molecular formula is C12H19NO2. The minimum absolute atomic E-state index is 0.132. The van der Waals surface area contributed by atoms with E-state index in [-0.39, 0.29) is 11.8 Å². The highest BCUT2D eigenvalue weighted by Gasteiger charge is 2.54. The number of fused-ring (bicyclic) bond motifs is 1. The van der Waals surface area contributed by atoms with E-state index in [2.05, 4.69) is 13.0 Å². The first-order valence-electron chi connectivity index (χ1n) is 5.72. The van der Waals surface area contributed by atoms with Crippen LogP contribution in [0.3, 0.4) is 0 Å². The third kappa shape index (κ3) is 1.59. The second-order valence-electron chi connectivity index (χ2n) is 5.01. The smallest absolute Gasteiger partial charge is 0.303 e. The first-order chi connectivity index (χ1) is 7.11. The van der Waals surface area contributed by atoms with Gasteiger partial charge in [0.25, 0.3) is 0 Å². The van der Waals surface area contributed by atoms with Gasteiger partial charge in [0.05, 0.1) is 6.42 Å². The minimum Gasteiger partial charge on any atom is -0.481 e. The van der Waals surface area contributed by atoms with Gasteiger partial charge in [0.2, 0.25) is 0 Å². The summed E-state index contributed by atoms with van der Waals surface area (Å²) in [6, 6.07) is 0. The lowest BCUT2D eigenvalue weighted by Gasteiger charge is -2.51. The number of aliphatic carboxylic acids is 1. The Morgan fingerprint density at radius 3 is 3.00 bits per heavy atom. The predicted octanol–water partition coefficient (Wildman–Crippen LogP) is 1.78. The zero-order chi connectivity index (χ0) is 11.1. The molecule has 0 radical (unpaired) electrons. The molecule has 0 amide bonds. The van der Waals surface area contributed by atoms with Gasteiger partial charge in [-0.25, -0.2) is 0 Å². The number of carboxylic acid groups (broad SMARTS) is 1. The Kier molecular flexibility index (Phi) is 2.59. The van der Waals surface area contributed by atoms with Crippen molar-refractivity contribution < 1.29 is 9.90 Å². The van der Waals surface area contributed by atoms with Gasteiger partial charge in [-0.1, -0.05) is 18.6 Å². The molecule has 84 valence electrons. The van der Waals surface area contributed by atoms with Gasteiger partial charge in [-0.2, -0.15) is 0 Å². The Labute approximate surface area is 90.3 Å². The molecule has 0 aliphatic heterocycles. The van der Waals surface area contributed by atoms with Gasteiger partial charge >= 0.3 is 5.97 Å². The Morgan fingerprint density at radius 2 is 2.47 bits per heavy atom. The molecule has 0 aromatic rings. The summed E-state index contributed by atoms with van der Waals surface area (Å²) in [5.74, 6) is 0.411. The maximum absolute atomic E-state index is 10.8. The Hall–Kier alpha value is -0.830. The van der Waals surface area contributed by atoms with Crippen molar-refractivity contribution in [1.82, 2.24) is 0 Å². The molecule has 3 nitrogen and oxygen atoms in total. The van der Waals surface area contributed by atoms with E-state index in [0.717, 1.165) is 12.8 Å². The Balaban J connectivity index is 2.11. The molecule has 3 N–H and O–H groups in total. The fourth-order valence-corrected chi connectivity index (χ4v) is 3.34. The molecule has 0 saturated heterocycles. The molecule has 0 aromatic heterocycles. The van der Waals surface area contributed by atoms with Crippen molar-refractivity contribution in [3.05, 3.63) is 11.6 Å². The van der Waals surface area contributed by atoms with Crippen LogP contribution < -0.4 is 5.73 Å². The summed E-state index contributed by atoms with van der Waals surface area (Å²) in [5.41, 5.74) is 7.13. The largest absolute Gasteiger partial charge is 0.481 e. The first kappa shape index (κ1) is 10.7. The highest BCUT2D eigenvalue weighted by Crippen LogP contribution is 2.59. The zero-order valence-corrected chi connectivity index (χ0v) is 9.20. The topological polar surface area (TPSA) is 63.3 Å². The number of allylic oxidation sites excluding steroid dienone is 2. The molecule has 2 aliphatic rings.